The number of rotatable bonds is 5. The van der Waals surface area contributed by atoms with Crippen molar-refractivity contribution in [3.63, 3.8) is 0 Å². The number of benzene rings is 1. The van der Waals surface area contributed by atoms with Gasteiger partial charge in [0.25, 0.3) is 0 Å². The molecule has 1 aromatic carbocycles. The van der Waals surface area contributed by atoms with Crippen LogP contribution in [-0.2, 0) is 14.8 Å². The molecule has 0 unspecified atom stereocenters. The van der Waals surface area contributed by atoms with Crippen LogP contribution in [0.25, 0.3) is 0 Å². The molecule has 0 aromatic heterocycles. The van der Waals surface area contributed by atoms with Crippen LogP contribution >= 0.6 is 0 Å². The van der Waals surface area contributed by atoms with E-state index in [4.69, 9.17) is 0 Å². The first-order chi connectivity index (χ1) is 9.95. The number of amides is 1. The summed E-state index contributed by atoms with van der Waals surface area (Å²) in [6.07, 6.45) is 2.01. The Kier molecular flexibility index (Phi) is 5.00. The molecule has 1 fully saturated rings. The fourth-order valence-corrected chi connectivity index (χ4v) is 3.84. The molecule has 0 spiro atoms. The van der Waals surface area contributed by atoms with E-state index in [1.165, 1.54) is 4.31 Å². The summed E-state index contributed by atoms with van der Waals surface area (Å²) < 4.78 is 26.4. The zero-order valence-electron chi connectivity index (χ0n) is 12.6. The summed E-state index contributed by atoms with van der Waals surface area (Å²) in [7, 11) is -3.61. The first-order valence-corrected chi connectivity index (χ1v) is 8.73. The zero-order chi connectivity index (χ0) is 15.5. The van der Waals surface area contributed by atoms with E-state index in [1.54, 1.807) is 36.1 Å². The molecule has 116 valence electrons. The molecule has 1 aliphatic rings. The van der Waals surface area contributed by atoms with Crippen molar-refractivity contribution in [2.24, 2.45) is 0 Å². The highest BCUT2D eigenvalue weighted by Crippen LogP contribution is 2.17. The van der Waals surface area contributed by atoms with Gasteiger partial charge in [-0.2, -0.15) is 4.31 Å². The van der Waals surface area contributed by atoms with Crippen molar-refractivity contribution in [3.8, 4) is 0 Å². The predicted octanol–water partition coefficient (Wildman–Crippen LogP) is 1.63. The number of aryl methyl sites for hydroxylation is 1. The van der Waals surface area contributed by atoms with Crippen molar-refractivity contribution in [3.05, 3.63) is 29.8 Å². The van der Waals surface area contributed by atoms with Gasteiger partial charge in [0.1, 0.15) is 0 Å². The van der Waals surface area contributed by atoms with E-state index in [9.17, 15) is 13.2 Å². The summed E-state index contributed by atoms with van der Waals surface area (Å²) in [6.45, 7) is 5.35. The Morgan fingerprint density at radius 1 is 1.19 bits per heavy atom. The molecule has 1 heterocycles. The molecular formula is C15H22N2O3S. The quantitative estimate of drug-likeness (QED) is 0.830. The van der Waals surface area contributed by atoms with Crippen LogP contribution in [0.15, 0.2) is 29.2 Å². The largest absolute Gasteiger partial charge is 0.342 e. The molecule has 0 saturated carbocycles. The second-order valence-electron chi connectivity index (χ2n) is 5.33. The van der Waals surface area contributed by atoms with Crippen LogP contribution in [-0.4, -0.2) is 49.7 Å². The Labute approximate surface area is 126 Å². The van der Waals surface area contributed by atoms with Gasteiger partial charge in [0.15, 0.2) is 0 Å². The first kappa shape index (κ1) is 16.0. The van der Waals surface area contributed by atoms with Gasteiger partial charge in [-0.15, -0.1) is 0 Å². The van der Waals surface area contributed by atoms with Crippen LogP contribution in [0, 0.1) is 6.92 Å². The van der Waals surface area contributed by atoms with Crippen molar-refractivity contribution < 1.29 is 13.2 Å². The van der Waals surface area contributed by atoms with Crippen molar-refractivity contribution >= 4 is 15.9 Å². The minimum Gasteiger partial charge on any atom is -0.342 e. The molecule has 1 aliphatic heterocycles. The Morgan fingerprint density at radius 2 is 1.76 bits per heavy atom. The van der Waals surface area contributed by atoms with E-state index < -0.39 is 10.0 Å². The summed E-state index contributed by atoms with van der Waals surface area (Å²) in [5, 5.41) is 0. The van der Waals surface area contributed by atoms with E-state index in [0.29, 0.717) is 0 Å². The molecule has 1 amide bonds. The standard InChI is InChI=1S/C15H22N2O3S/c1-3-17(12-15(18)16-10-4-5-11-16)21(19,20)14-8-6-13(2)7-9-14/h6-9H,3-5,10-12H2,1-2H3. The van der Waals surface area contributed by atoms with Gasteiger partial charge in [-0.3, -0.25) is 4.79 Å². The number of hydrogen-bond donors (Lipinski definition) is 0. The zero-order valence-corrected chi connectivity index (χ0v) is 13.4. The van der Waals surface area contributed by atoms with E-state index in [0.717, 1.165) is 31.5 Å². The molecule has 0 aliphatic carbocycles. The van der Waals surface area contributed by atoms with Crippen molar-refractivity contribution in [1.82, 2.24) is 9.21 Å². The van der Waals surface area contributed by atoms with Crippen LogP contribution in [0.3, 0.4) is 0 Å². The third-order valence-electron chi connectivity index (χ3n) is 3.78. The second-order valence-corrected chi connectivity index (χ2v) is 7.27. The SMILES string of the molecule is CCN(CC(=O)N1CCCC1)S(=O)(=O)c1ccc(C)cc1. The van der Waals surface area contributed by atoms with Crippen LogP contribution < -0.4 is 0 Å². The average Bonchev–Trinajstić information content (AvgIpc) is 2.99. The maximum atomic E-state index is 12.6. The minimum atomic E-state index is -3.61. The van der Waals surface area contributed by atoms with Crippen molar-refractivity contribution in [2.75, 3.05) is 26.2 Å². The number of likely N-dealkylation sites (tertiary alicyclic amines) is 1. The lowest BCUT2D eigenvalue weighted by molar-refractivity contribution is -0.130. The molecule has 6 heteroatoms. The van der Waals surface area contributed by atoms with Gasteiger partial charge in [-0.25, -0.2) is 8.42 Å². The number of sulfonamides is 1. The molecule has 1 aromatic rings. The molecule has 0 atom stereocenters. The Bertz CT molecular complexity index is 590. The Morgan fingerprint density at radius 3 is 2.29 bits per heavy atom. The highest BCUT2D eigenvalue weighted by molar-refractivity contribution is 7.89. The monoisotopic (exact) mass is 310 g/mol. The smallest absolute Gasteiger partial charge is 0.243 e. The average molecular weight is 310 g/mol. The van der Waals surface area contributed by atoms with Gasteiger partial charge >= 0.3 is 0 Å². The summed E-state index contributed by atoms with van der Waals surface area (Å²) in [4.78, 5) is 14.1. The third-order valence-corrected chi connectivity index (χ3v) is 5.72. The summed E-state index contributed by atoms with van der Waals surface area (Å²) in [5.74, 6) is -0.106. The van der Waals surface area contributed by atoms with Gasteiger partial charge in [0.05, 0.1) is 11.4 Å². The van der Waals surface area contributed by atoms with Gasteiger partial charge in [-0.05, 0) is 31.9 Å². The highest BCUT2D eigenvalue weighted by Gasteiger charge is 2.27. The maximum Gasteiger partial charge on any atom is 0.243 e. The number of hydrogen-bond acceptors (Lipinski definition) is 3. The predicted molar refractivity (Wildman–Crippen MR) is 81.4 cm³/mol. The van der Waals surface area contributed by atoms with Crippen molar-refractivity contribution in [1.29, 1.82) is 0 Å². The molecule has 0 radical (unpaired) electrons. The topological polar surface area (TPSA) is 57.7 Å². The number of carbonyl (C=O) groups is 1. The second kappa shape index (κ2) is 6.58. The molecule has 1 saturated heterocycles. The normalized spacial score (nSPS) is 15.7. The lowest BCUT2D eigenvalue weighted by atomic mass is 10.2. The van der Waals surface area contributed by atoms with Gasteiger partial charge < -0.3 is 4.90 Å². The van der Waals surface area contributed by atoms with Gasteiger partial charge in [-0.1, -0.05) is 24.6 Å². The molecule has 0 bridgehead atoms. The highest BCUT2D eigenvalue weighted by atomic mass is 32.2. The number of likely N-dealkylation sites (N-methyl/N-ethyl adjacent to an activating group) is 1. The summed E-state index contributed by atoms with van der Waals surface area (Å²) in [6, 6.07) is 6.72. The van der Waals surface area contributed by atoms with E-state index in [-0.39, 0.29) is 23.9 Å². The Hall–Kier alpha value is -1.40. The molecule has 5 nitrogen and oxygen atoms in total. The molecule has 0 N–H and O–H groups in total. The fraction of sp³-hybridized carbons (Fsp3) is 0.533. The van der Waals surface area contributed by atoms with E-state index >= 15 is 0 Å². The van der Waals surface area contributed by atoms with Crippen LogP contribution in [0.4, 0.5) is 0 Å². The molecule has 21 heavy (non-hydrogen) atoms. The van der Waals surface area contributed by atoms with Crippen LogP contribution in [0.5, 0.6) is 0 Å². The van der Waals surface area contributed by atoms with Crippen molar-refractivity contribution in [2.45, 2.75) is 31.6 Å². The summed E-state index contributed by atoms with van der Waals surface area (Å²) in [5.41, 5.74) is 1.00. The lowest BCUT2D eigenvalue weighted by Crippen LogP contribution is -2.41. The fourth-order valence-electron chi connectivity index (χ4n) is 2.44. The van der Waals surface area contributed by atoms with Gasteiger partial charge in [0.2, 0.25) is 15.9 Å². The first-order valence-electron chi connectivity index (χ1n) is 7.29. The minimum absolute atomic E-state index is 0.0767. The third kappa shape index (κ3) is 3.63. The maximum absolute atomic E-state index is 12.6. The number of carbonyl (C=O) groups excluding carboxylic acids is 1. The summed E-state index contributed by atoms with van der Waals surface area (Å²) >= 11 is 0. The number of nitrogens with zero attached hydrogens (tertiary/aromatic N) is 2. The van der Waals surface area contributed by atoms with E-state index in [1.807, 2.05) is 6.92 Å². The molecule has 2 rings (SSSR count). The van der Waals surface area contributed by atoms with E-state index in [2.05, 4.69) is 0 Å². The van der Waals surface area contributed by atoms with Gasteiger partial charge in [0, 0.05) is 19.6 Å². The van der Waals surface area contributed by atoms with Crippen LogP contribution in [0.1, 0.15) is 25.3 Å². The molecular weight excluding hydrogens is 288 g/mol. The Balaban J connectivity index is 2.15. The lowest BCUT2D eigenvalue weighted by Gasteiger charge is -2.23. The van der Waals surface area contributed by atoms with Crippen LogP contribution in [0.2, 0.25) is 0 Å².